The fraction of sp³-hybridized carbons (Fsp3) is 0.368. The van der Waals surface area contributed by atoms with E-state index in [9.17, 15) is 14.0 Å². The molecule has 1 aromatic carbocycles. The second-order valence-electron chi connectivity index (χ2n) is 6.19. The number of hydrogen-bond acceptors (Lipinski definition) is 4. The van der Waals surface area contributed by atoms with Gasteiger partial charge >= 0.3 is 5.97 Å². The second kappa shape index (κ2) is 7.44. The number of benzene rings is 1. The molecule has 1 N–H and O–H groups in total. The summed E-state index contributed by atoms with van der Waals surface area (Å²) in [6, 6.07) is 6.24. The lowest BCUT2D eigenvalue weighted by Gasteiger charge is -2.22. The lowest BCUT2D eigenvalue weighted by molar-refractivity contribution is 0.0523. The van der Waals surface area contributed by atoms with E-state index in [0.29, 0.717) is 36.3 Å². The molecule has 0 fully saturated rings. The third kappa shape index (κ3) is 3.63. The van der Waals surface area contributed by atoms with Crippen LogP contribution in [0.2, 0.25) is 0 Å². The standard InChI is InChI=1S/C19H20FNO3S/c1-11-17-15(21-18(11)19(23)24-7-8-25-2)9-13(10-16(17)22)12-3-5-14(20)6-4-12/h3-6,13,21H,7-10H2,1-2H3. The van der Waals surface area contributed by atoms with Gasteiger partial charge in [-0.05, 0) is 48.8 Å². The fourth-order valence-corrected chi connectivity index (χ4v) is 3.55. The van der Waals surface area contributed by atoms with E-state index in [1.807, 2.05) is 6.26 Å². The van der Waals surface area contributed by atoms with Crippen LogP contribution in [0.25, 0.3) is 0 Å². The van der Waals surface area contributed by atoms with Gasteiger partial charge < -0.3 is 9.72 Å². The minimum absolute atomic E-state index is 0.00693. The molecule has 1 heterocycles. The molecule has 0 spiro atoms. The van der Waals surface area contributed by atoms with Gasteiger partial charge in [0.15, 0.2) is 5.78 Å². The number of aromatic amines is 1. The second-order valence-corrected chi connectivity index (χ2v) is 7.17. The first-order valence-electron chi connectivity index (χ1n) is 8.17. The maximum Gasteiger partial charge on any atom is 0.355 e. The number of ketones is 1. The highest BCUT2D eigenvalue weighted by Crippen LogP contribution is 2.35. The normalized spacial score (nSPS) is 16.6. The lowest BCUT2D eigenvalue weighted by atomic mass is 9.81. The van der Waals surface area contributed by atoms with Crippen molar-refractivity contribution in [3.8, 4) is 0 Å². The van der Waals surface area contributed by atoms with Gasteiger partial charge in [0.2, 0.25) is 0 Å². The molecule has 1 atom stereocenters. The third-order valence-corrected chi connectivity index (χ3v) is 5.13. The molecule has 0 saturated heterocycles. The molecule has 1 aliphatic rings. The van der Waals surface area contributed by atoms with Crippen LogP contribution in [0.4, 0.5) is 4.39 Å². The number of fused-ring (bicyclic) bond motifs is 1. The smallest absolute Gasteiger partial charge is 0.355 e. The molecule has 2 aromatic rings. The average molecular weight is 361 g/mol. The number of thioether (sulfide) groups is 1. The molecule has 0 amide bonds. The topological polar surface area (TPSA) is 59.2 Å². The number of carbonyl (C=O) groups excluding carboxylic acids is 2. The first kappa shape index (κ1) is 17.7. The zero-order valence-electron chi connectivity index (χ0n) is 14.2. The Morgan fingerprint density at radius 2 is 2.04 bits per heavy atom. The first-order valence-corrected chi connectivity index (χ1v) is 9.56. The van der Waals surface area contributed by atoms with Crippen LogP contribution in [-0.4, -0.2) is 35.4 Å². The van der Waals surface area contributed by atoms with Gasteiger partial charge in [-0.3, -0.25) is 4.79 Å². The molecule has 1 aromatic heterocycles. The number of rotatable bonds is 5. The molecule has 25 heavy (non-hydrogen) atoms. The zero-order chi connectivity index (χ0) is 18.0. The summed E-state index contributed by atoms with van der Waals surface area (Å²) in [5, 5.41) is 0. The van der Waals surface area contributed by atoms with E-state index in [1.165, 1.54) is 12.1 Å². The van der Waals surface area contributed by atoms with E-state index in [2.05, 4.69) is 4.98 Å². The molecular weight excluding hydrogens is 341 g/mol. The van der Waals surface area contributed by atoms with Crippen molar-refractivity contribution in [1.82, 2.24) is 4.98 Å². The molecule has 1 unspecified atom stereocenters. The van der Waals surface area contributed by atoms with Crippen LogP contribution in [0.5, 0.6) is 0 Å². The summed E-state index contributed by atoms with van der Waals surface area (Å²) in [7, 11) is 0. The molecule has 4 nitrogen and oxygen atoms in total. The Labute approximate surface area is 150 Å². The predicted molar refractivity (Wildman–Crippen MR) is 96.0 cm³/mol. The van der Waals surface area contributed by atoms with Crippen LogP contribution in [-0.2, 0) is 11.2 Å². The Hall–Kier alpha value is -2.08. The van der Waals surface area contributed by atoms with Crippen molar-refractivity contribution < 1.29 is 18.7 Å². The Balaban J connectivity index is 1.84. The molecule has 0 aliphatic heterocycles. The maximum absolute atomic E-state index is 13.1. The Kier molecular flexibility index (Phi) is 5.27. The molecule has 1 aliphatic carbocycles. The van der Waals surface area contributed by atoms with Crippen molar-refractivity contribution in [3.63, 3.8) is 0 Å². The van der Waals surface area contributed by atoms with Crippen molar-refractivity contribution in [2.24, 2.45) is 0 Å². The van der Waals surface area contributed by atoms with Gasteiger partial charge in [0, 0.05) is 23.4 Å². The van der Waals surface area contributed by atoms with Crippen molar-refractivity contribution in [2.75, 3.05) is 18.6 Å². The molecule has 3 rings (SSSR count). The number of hydrogen-bond donors (Lipinski definition) is 1. The van der Waals surface area contributed by atoms with Gasteiger partial charge in [-0.15, -0.1) is 0 Å². The van der Waals surface area contributed by atoms with Gasteiger partial charge in [0.25, 0.3) is 0 Å². The quantitative estimate of drug-likeness (QED) is 0.648. The van der Waals surface area contributed by atoms with Crippen molar-refractivity contribution in [2.45, 2.75) is 25.7 Å². The van der Waals surface area contributed by atoms with Crippen LogP contribution < -0.4 is 0 Å². The molecule has 0 bridgehead atoms. The number of Topliss-reactive ketones (excluding diaryl/α,β-unsaturated/α-hetero) is 1. The summed E-state index contributed by atoms with van der Waals surface area (Å²) in [5.41, 5.74) is 3.32. The van der Waals surface area contributed by atoms with Gasteiger partial charge in [-0.2, -0.15) is 11.8 Å². The SMILES string of the molecule is CSCCOC(=O)c1[nH]c2c(c1C)C(=O)CC(c1ccc(F)cc1)C2. The number of halogens is 1. The van der Waals surface area contributed by atoms with E-state index < -0.39 is 5.97 Å². The maximum atomic E-state index is 13.1. The highest BCUT2D eigenvalue weighted by atomic mass is 32.2. The number of nitrogens with one attached hydrogen (secondary N) is 1. The lowest BCUT2D eigenvalue weighted by Crippen LogP contribution is -2.18. The molecular formula is C19H20FNO3S. The van der Waals surface area contributed by atoms with Crippen LogP contribution in [0.3, 0.4) is 0 Å². The van der Waals surface area contributed by atoms with Gasteiger partial charge in [-0.25, -0.2) is 9.18 Å². The summed E-state index contributed by atoms with van der Waals surface area (Å²) in [5.74, 6) is 0.00713. The van der Waals surface area contributed by atoms with Gasteiger partial charge in [0.05, 0.1) is 0 Å². The highest BCUT2D eigenvalue weighted by Gasteiger charge is 2.32. The number of aromatic nitrogens is 1. The minimum Gasteiger partial charge on any atom is -0.460 e. The molecule has 6 heteroatoms. The number of ether oxygens (including phenoxy) is 1. The Bertz CT molecular complexity index is 798. The third-order valence-electron chi connectivity index (χ3n) is 4.55. The molecule has 132 valence electrons. The number of H-pyrrole nitrogens is 1. The molecule has 0 radical (unpaired) electrons. The van der Waals surface area contributed by atoms with Gasteiger partial charge in [0.1, 0.15) is 18.1 Å². The van der Waals surface area contributed by atoms with E-state index >= 15 is 0 Å². The monoisotopic (exact) mass is 361 g/mol. The molecule has 0 saturated carbocycles. The summed E-state index contributed by atoms with van der Waals surface area (Å²) < 4.78 is 18.4. The van der Waals surface area contributed by atoms with Crippen LogP contribution in [0.15, 0.2) is 24.3 Å². The van der Waals surface area contributed by atoms with E-state index in [4.69, 9.17) is 4.74 Å². The zero-order valence-corrected chi connectivity index (χ0v) is 15.0. The van der Waals surface area contributed by atoms with Crippen LogP contribution in [0.1, 0.15) is 50.0 Å². The summed E-state index contributed by atoms with van der Waals surface area (Å²) in [6.07, 6.45) is 2.92. The van der Waals surface area contributed by atoms with E-state index in [0.717, 1.165) is 17.0 Å². The number of esters is 1. The Morgan fingerprint density at radius 3 is 2.72 bits per heavy atom. The highest BCUT2D eigenvalue weighted by molar-refractivity contribution is 7.98. The predicted octanol–water partition coefficient (Wildman–Crippen LogP) is 3.89. The van der Waals surface area contributed by atoms with E-state index in [-0.39, 0.29) is 17.5 Å². The van der Waals surface area contributed by atoms with Crippen LogP contribution in [0, 0.1) is 12.7 Å². The van der Waals surface area contributed by atoms with Crippen molar-refractivity contribution in [1.29, 1.82) is 0 Å². The van der Waals surface area contributed by atoms with Gasteiger partial charge in [-0.1, -0.05) is 12.1 Å². The van der Waals surface area contributed by atoms with Crippen molar-refractivity contribution >= 4 is 23.5 Å². The van der Waals surface area contributed by atoms with Crippen molar-refractivity contribution in [3.05, 3.63) is 58.2 Å². The summed E-state index contributed by atoms with van der Waals surface area (Å²) in [4.78, 5) is 27.9. The van der Waals surface area contributed by atoms with Crippen LogP contribution >= 0.6 is 11.8 Å². The number of carbonyl (C=O) groups is 2. The summed E-state index contributed by atoms with van der Waals surface area (Å²) >= 11 is 1.60. The first-order chi connectivity index (χ1) is 12.0. The van der Waals surface area contributed by atoms with E-state index in [1.54, 1.807) is 30.8 Å². The Morgan fingerprint density at radius 1 is 1.32 bits per heavy atom. The largest absolute Gasteiger partial charge is 0.460 e. The average Bonchev–Trinajstić information content (AvgIpc) is 2.93. The summed E-state index contributed by atoms with van der Waals surface area (Å²) in [6.45, 7) is 2.12. The minimum atomic E-state index is -0.424. The fourth-order valence-electron chi connectivity index (χ4n) is 3.30.